The topological polar surface area (TPSA) is 51.2 Å². The first-order chi connectivity index (χ1) is 11.6. The number of ether oxygens (including phenoxy) is 1. The summed E-state index contributed by atoms with van der Waals surface area (Å²) in [5.41, 5.74) is -0.114. The molecule has 1 amide bonds. The Morgan fingerprint density at radius 3 is 2.75 bits per heavy atom. The van der Waals surface area contributed by atoms with E-state index in [1.807, 2.05) is 12.3 Å². The summed E-state index contributed by atoms with van der Waals surface area (Å²) in [6.07, 6.45) is 5.79. The third-order valence-corrected chi connectivity index (χ3v) is 5.74. The van der Waals surface area contributed by atoms with Crippen LogP contribution in [-0.4, -0.2) is 18.0 Å². The van der Waals surface area contributed by atoms with Gasteiger partial charge < -0.3 is 10.1 Å². The van der Waals surface area contributed by atoms with Gasteiger partial charge in [0.25, 0.3) is 0 Å². The Morgan fingerprint density at radius 1 is 1.42 bits per heavy atom. The maximum atomic E-state index is 14.2. The average Bonchev–Trinajstić information content (AvgIpc) is 3.27. The van der Waals surface area contributed by atoms with Gasteiger partial charge in [-0.2, -0.15) is 0 Å². The predicted molar refractivity (Wildman–Crippen MR) is 93.0 cm³/mol. The summed E-state index contributed by atoms with van der Waals surface area (Å²) in [7, 11) is 1.43. The Bertz CT molecular complexity index is 714. The van der Waals surface area contributed by atoms with E-state index in [2.05, 4.69) is 10.3 Å². The smallest absolute Gasteiger partial charge is 0.236 e. The second-order valence-corrected chi connectivity index (χ2v) is 7.22. The highest BCUT2D eigenvalue weighted by Gasteiger charge is 2.44. The Labute approximate surface area is 145 Å². The van der Waals surface area contributed by atoms with Gasteiger partial charge in [-0.15, -0.1) is 11.3 Å². The van der Waals surface area contributed by atoms with Gasteiger partial charge in [0, 0.05) is 11.6 Å². The first-order valence-corrected chi connectivity index (χ1v) is 8.98. The molecule has 0 saturated heterocycles. The van der Waals surface area contributed by atoms with Crippen molar-refractivity contribution < 1.29 is 13.9 Å². The van der Waals surface area contributed by atoms with Crippen molar-refractivity contribution >= 4 is 22.4 Å². The van der Waals surface area contributed by atoms with Gasteiger partial charge >= 0.3 is 0 Å². The van der Waals surface area contributed by atoms with Crippen molar-refractivity contribution in [2.45, 2.75) is 38.0 Å². The van der Waals surface area contributed by atoms with Gasteiger partial charge in [0.1, 0.15) is 0 Å². The highest BCUT2D eigenvalue weighted by molar-refractivity contribution is 7.13. The van der Waals surface area contributed by atoms with Gasteiger partial charge in [-0.05, 0) is 43.4 Å². The maximum Gasteiger partial charge on any atom is 0.236 e. The van der Waals surface area contributed by atoms with E-state index in [0.29, 0.717) is 10.7 Å². The van der Waals surface area contributed by atoms with Crippen LogP contribution in [0.2, 0.25) is 0 Å². The van der Waals surface area contributed by atoms with Gasteiger partial charge in [-0.25, -0.2) is 9.37 Å². The Morgan fingerprint density at radius 2 is 2.17 bits per heavy atom. The molecule has 1 N–H and O–H groups in total. The number of rotatable bonds is 5. The molecule has 1 unspecified atom stereocenters. The van der Waals surface area contributed by atoms with Gasteiger partial charge in [-0.1, -0.05) is 18.9 Å². The summed E-state index contributed by atoms with van der Waals surface area (Å²) in [5.74, 6) is -0.201. The van der Waals surface area contributed by atoms with Crippen LogP contribution in [0.5, 0.6) is 5.75 Å². The molecule has 1 heterocycles. The Balaban J connectivity index is 1.98. The number of thiazole rings is 1. The molecule has 128 valence electrons. The highest BCUT2D eigenvalue weighted by Crippen LogP contribution is 2.43. The SMILES string of the molecule is COc1ccc(C(C)(C(=O)Nc2nccs2)C2CCCC2)cc1F. The quantitative estimate of drug-likeness (QED) is 0.872. The molecule has 0 bridgehead atoms. The fraction of sp³-hybridized carbons (Fsp3) is 0.444. The molecule has 1 aliphatic rings. The lowest BCUT2D eigenvalue weighted by atomic mass is 9.70. The molecular weight excluding hydrogens is 327 g/mol. The minimum absolute atomic E-state index is 0.131. The molecule has 1 aromatic heterocycles. The van der Waals surface area contributed by atoms with Crippen LogP contribution in [0.1, 0.15) is 38.2 Å². The lowest BCUT2D eigenvalue weighted by Gasteiger charge is -2.34. The molecule has 24 heavy (non-hydrogen) atoms. The highest BCUT2D eigenvalue weighted by atomic mass is 32.1. The minimum atomic E-state index is -0.796. The normalized spacial score (nSPS) is 17.5. The summed E-state index contributed by atoms with van der Waals surface area (Å²) in [5, 5.41) is 5.28. The van der Waals surface area contributed by atoms with Crippen molar-refractivity contribution in [3.8, 4) is 5.75 Å². The van der Waals surface area contributed by atoms with Crippen LogP contribution >= 0.6 is 11.3 Å². The van der Waals surface area contributed by atoms with Gasteiger partial charge in [-0.3, -0.25) is 4.79 Å². The summed E-state index contributed by atoms with van der Waals surface area (Å²) >= 11 is 1.38. The molecule has 1 saturated carbocycles. The summed E-state index contributed by atoms with van der Waals surface area (Å²) < 4.78 is 19.2. The van der Waals surface area contributed by atoms with E-state index in [1.165, 1.54) is 24.5 Å². The van der Waals surface area contributed by atoms with Crippen LogP contribution < -0.4 is 10.1 Å². The zero-order chi connectivity index (χ0) is 17.2. The molecule has 0 aliphatic heterocycles. The number of methoxy groups -OCH3 is 1. The van der Waals surface area contributed by atoms with Crippen molar-refractivity contribution in [2.75, 3.05) is 12.4 Å². The Kier molecular flexibility index (Phi) is 4.85. The molecule has 1 aromatic carbocycles. The van der Waals surface area contributed by atoms with E-state index in [1.54, 1.807) is 18.3 Å². The third kappa shape index (κ3) is 3.02. The van der Waals surface area contributed by atoms with Crippen LogP contribution in [0.3, 0.4) is 0 Å². The number of benzene rings is 1. The predicted octanol–water partition coefficient (Wildman–Crippen LogP) is 4.38. The Hall–Kier alpha value is -1.95. The van der Waals surface area contributed by atoms with Crippen LogP contribution in [0, 0.1) is 11.7 Å². The minimum Gasteiger partial charge on any atom is -0.494 e. The van der Waals surface area contributed by atoms with Gasteiger partial charge in [0.15, 0.2) is 16.7 Å². The van der Waals surface area contributed by atoms with Crippen molar-refractivity contribution in [1.82, 2.24) is 4.98 Å². The van der Waals surface area contributed by atoms with Gasteiger partial charge in [0.2, 0.25) is 5.91 Å². The van der Waals surface area contributed by atoms with Gasteiger partial charge in [0.05, 0.1) is 12.5 Å². The maximum absolute atomic E-state index is 14.2. The first kappa shape index (κ1) is 16.9. The van der Waals surface area contributed by atoms with E-state index >= 15 is 0 Å². The zero-order valence-electron chi connectivity index (χ0n) is 13.8. The second-order valence-electron chi connectivity index (χ2n) is 6.32. The molecular formula is C18H21FN2O2S. The zero-order valence-corrected chi connectivity index (χ0v) is 14.7. The number of halogens is 1. The van der Waals surface area contributed by atoms with Crippen LogP contribution in [0.25, 0.3) is 0 Å². The molecule has 0 radical (unpaired) electrons. The molecule has 1 fully saturated rings. The average molecular weight is 348 g/mol. The van der Waals surface area contributed by atoms with Crippen LogP contribution in [0.15, 0.2) is 29.8 Å². The van der Waals surface area contributed by atoms with E-state index in [9.17, 15) is 9.18 Å². The molecule has 3 rings (SSSR count). The summed E-state index contributed by atoms with van der Waals surface area (Å²) in [6.45, 7) is 1.91. The lowest BCUT2D eigenvalue weighted by Crippen LogP contribution is -2.43. The first-order valence-electron chi connectivity index (χ1n) is 8.10. The van der Waals surface area contributed by atoms with Crippen molar-refractivity contribution in [3.63, 3.8) is 0 Å². The number of hydrogen-bond acceptors (Lipinski definition) is 4. The summed E-state index contributed by atoms with van der Waals surface area (Å²) in [6, 6.07) is 4.81. The number of carbonyl (C=O) groups excluding carboxylic acids is 1. The van der Waals surface area contributed by atoms with E-state index < -0.39 is 11.2 Å². The van der Waals surface area contributed by atoms with Crippen molar-refractivity contribution in [1.29, 1.82) is 0 Å². The molecule has 2 aromatic rings. The molecule has 6 heteroatoms. The lowest BCUT2D eigenvalue weighted by molar-refractivity contribution is -0.122. The number of carbonyl (C=O) groups is 1. The monoisotopic (exact) mass is 348 g/mol. The number of nitrogens with zero attached hydrogens (tertiary/aromatic N) is 1. The fourth-order valence-electron chi connectivity index (χ4n) is 3.56. The van der Waals surface area contributed by atoms with E-state index in [4.69, 9.17) is 4.74 Å². The number of nitrogens with one attached hydrogen (secondary N) is 1. The fourth-order valence-corrected chi connectivity index (χ4v) is 4.08. The van der Waals surface area contributed by atoms with E-state index in [0.717, 1.165) is 25.7 Å². The number of aromatic nitrogens is 1. The molecule has 0 spiro atoms. The third-order valence-electron chi connectivity index (χ3n) is 5.05. The second kappa shape index (κ2) is 6.89. The van der Waals surface area contributed by atoms with Crippen LogP contribution in [-0.2, 0) is 10.2 Å². The molecule has 4 nitrogen and oxygen atoms in total. The number of hydrogen-bond donors (Lipinski definition) is 1. The summed E-state index contributed by atoms with van der Waals surface area (Å²) in [4.78, 5) is 17.2. The van der Waals surface area contributed by atoms with Crippen molar-refractivity contribution in [3.05, 3.63) is 41.2 Å². The number of anilines is 1. The van der Waals surface area contributed by atoms with Crippen molar-refractivity contribution in [2.24, 2.45) is 5.92 Å². The molecule has 1 atom stereocenters. The van der Waals surface area contributed by atoms with E-state index in [-0.39, 0.29) is 17.6 Å². The standard InChI is InChI=1S/C18H21FN2O2S/c1-18(12-5-3-4-6-12,16(22)21-17-20-9-10-24-17)13-7-8-15(23-2)14(19)11-13/h7-12H,3-6H2,1-2H3,(H,20,21,22). The molecule has 1 aliphatic carbocycles. The van der Waals surface area contributed by atoms with Crippen LogP contribution in [0.4, 0.5) is 9.52 Å². The number of amides is 1. The largest absolute Gasteiger partial charge is 0.494 e.